The molecule has 1 aliphatic heterocycles. The van der Waals surface area contributed by atoms with Gasteiger partial charge in [0.25, 0.3) is 5.91 Å². The topological polar surface area (TPSA) is 62.7 Å². The molecule has 1 aliphatic rings. The molecule has 2 aromatic rings. The largest absolute Gasteiger partial charge is 0.496 e. The summed E-state index contributed by atoms with van der Waals surface area (Å²) in [5, 5.41) is 11.7. The van der Waals surface area contributed by atoms with E-state index in [2.05, 4.69) is 4.98 Å². The van der Waals surface area contributed by atoms with E-state index in [0.717, 1.165) is 22.7 Å². The molecule has 6 heteroatoms. The molecule has 1 amide bonds. The van der Waals surface area contributed by atoms with E-state index in [1.54, 1.807) is 17.4 Å². The Morgan fingerprint density at radius 2 is 2.32 bits per heavy atom. The first kappa shape index (κ1) is 15.0. The Bertz CT molecular complexity index is 671. The number of para-hydroxylation sites is 1. The monoisotopic (exact) mass is 318 g/mol. The summed E-state index contributed by atoms with van der Waals surface area (Å²) in [6, 6.07) is 7.64. The summed E-state index contributed by atoms with van der Waals surface area (Å²) >= 11 is 1.44. The van der Waals surface area contributed by atoms with Crippen LogP contribution in [0.5, 0.6) is 5.75 Å². The van der Waals surface area contributed by atoms with Crippen molar-refractivity contribution in [1.82, 2.24) is 9.88 Å². The van der Waals surface area contributed by atoms with Crippen LogP contribution in [0.1, 0.15) is 16.9 Å². The highest BCUT2D eigenvalue weighted by Gasteiger charge is 2.27. The van der Waals surface area contributed by atoms with Crippen molar-refractivity contribution >= 4 is 17.2 Å². The van der Waals surface area contributed by atoms with Gasteiger partial charge < -0.3 is 14.7 Å². The zero-order valence-corrected chi connectivity index (χ0v) is 13.2. The van der Waals surface area contributed by atoms with E-state index in [1.165, 1.54) is 11.3 Å². The first-order chi connectivity index (χ1) is 10.7. The van der Waals surface area contributed by atoms with Gasteiger partial charge in [-0.1, -0.05) is 12.1 Å². The van der Waals surface area contributed by atoms with Crippen molar-refractivity contribution in [3.8, 4) is 16.3 Å². The van der Waals surface area contributed by atoms with Gasteiger partial charge in [-0.2, -0.15) is 0 Å². The number of methoxy groups -OCH3 is 1. The van der Waals surface area contributed by atoms with Crippen molar-refractivity contribution in [2.75, 3.05) is 26.8 Å². The summed E-state index contributed by atoms with van der Waals surface area (Å²) in [5.74, 6) is 0.877. The summed E-state index contributed by atoms with van der Waals surface area (Å²) in [6.45, 7) is 1.43. The van der Waals surface area contributed by atoms with Crippen molar-refractivity contribution < 1.29 is 14.6 Å². The molecule has 22 heavy (non-hydrogen) atoms. The van der Waals surface area contributed by atoms with Crippen LogP contribution < -0.4 is 4.74 Å². The second-order valence-electron chi connectivity index (χ2n) is 5.33. The van der Waals surface area contributed by atoms with Crippen molar-refractivity contribution in [3.05, 3.63) is 35.3 Å². The fourth-order valence-corrected chi connectivity index (χ4v) is 3.47. The van der Waals surface area contributed by atoms with Gasteiger partial charge in [-0.25, -0.2) is 4.98 Å². The molecule has 3 rings (SSSR count). The van der Waals surface area contributed by atoms with E-state index < -0.39 is 0 Å². The lowest BCUT2D eigenvalue weighted by Gasteiger charge is -2.14. The number of aliphatic hydroxyl groups is 1. The number of rotatable bonds is 4. The van der Waals surface area contributed by atoms with Crippen molar-refractivity contribution in [2.24, 2.45) is 5.92 Å². The molecule has 1 unspecified atom stereocenters. The Morgan fingerprint density at radius 3 is 3.05 bits per heavy atom. The highest BCUT2D eigenvalue weighted by atomic mass is 32.1. The molecule has 5 nitrogen and oxygen atoms in total. The van der Waals surface area contributed by atoms with Gasteiger partial charge in [0.2, 0.25) is 0 Å². The molecule has 116 valence electrons. The quantitative estimate of drug-likeness (QED) is 0.939. The van der Waals surface area contributed by atoms with Gasteiger partial charge in [-0.3, -0.25) is 4.79 Å². The second-order valence-corrected chi connectivity index (χ2v) is 6.18. The van der Waals surface area contributed by atoms with E-state index in [-0.39, 0.29) is 18.4 Å². The Balaban J connectivity index is 1.80. The lowest BCUT2D eigenvalue weighted by molar-refractivity contribution is 0.0777. The van der Waals surface area contributed by atoms with Crippen LogP contribution in [0.15, 0.2) is 29.6 Å². The summed E-state index contributed by atoms with van der Waals surface area (Å²) in [6.07, 6.45) is 0.853. The van der Waals surface area contributed by atoms with Crippen molar-refractivity contribution in [3.63, 3.8) is 0 Å². The molecule has 2 heterocycles. The van der Waals surface area contributed by atoms with Crippen LogP contribution in [0.2, 0.25) is 0 Å². The zero-order valence-electron chi connectivity index (χ0n) is 12.4. The number of carbonyl (C=O) groups is 1. The molecule has 0 aliphatic carbocycles. The maximum atomic E-state index is 12.5. The average molecular weight is 318 g/mol. The molecule has 0 spiro atoms. The number of carbonyl (C=O) groups excluding carboxylic acids is 1. The highest BCUT2D eigenvalue weighted by molar-refractivity contribution is 7.13. The standard InChI is InChI=1S/C16H18N2O3S/c1-21-14-5-3-2-4-12(14)15-17-13(10-22-15)16(20)18-7-6-11(8-18)9-19/h2-5,10-11,19H,6-9H2,1H3. The summed E-state index contributed by atoms with van der Waals surface area (Å²) in [5.41, 5.74) is 1.35. The number of hydrogen-bond acceptors (Lipinski definition) is 5. The van der Waals surface area contributed by atoms with E-state index in [4.69, 9.17) is 4.74 Å². The molecule has 1 fully saturated rings. The average Bonchev–Trinajstić information content (AvgIpc) is 3.23. The second kappa shape index (κ2) is 6.46. The van der Waals surface area contributed by atoms with Crippen LogP contribution >= 0.6 is 11.3 Å². The number of benzene rings is 1. The van der Waals surface area contributed by atoms with Crippen LogP contribution in [0.25, 0.3) is 10.6 Å². The molecule has 1 aromatic heterocycles. The molecule has 1 N–H and O–H groups in total. The van der Waals surface area contributed by atoms with E-state index >= 15 is 0 Å². The van der Waals surface area contributed by atoms with Gasteiger partial charge in [0, 0.05) is 31.0 Å². The zero-order chi connectivity index (χ0) is 15.5. The maximum absolute atomic E-state index is 12.5. The van der Waals surface area contributed by atoms with Gasteiger partial charge in [0.15, 0.2) is 0 Å². The number of aromatic nitrogens is 1. The van der Waals surface area contributed by atoms with Crippen molar-refractivity contribution in [1.29, 1.82) is 0 Å². The third-order valence-corrected chi connectivity index (χ3v) is 4.77. The molecular formula is C16H18N2O3S. The van der Waals surface area contributed by atoms with Crippen molar-refractivity contribution in [2.45, 2.75) is 6.42 Å². The first-order valence-corrected chi connectivity index (χ1v) is 8.10. The number of thiazole rings is 1. The molecule has 0 saturated carbocycles. The maximum Gasteiger partial charge on any atom is 0.273 e. The minimum Gasteiger partial charge on any atom is -0.496 e. The van der Waals surface area contributed by atoms with E-state index in [9.17, 15) is 9.90 Å². The van der Waals surface area contributed by atoms with Gasteiger partial charge in [0.05, 0.1) is 12.7 Å². The summed E-state index contributed by atoms with van der Waals surface area (Å²) in [7, 11) is 1.62. The third-order valence-electron chi connectivity index (χ3n) is 3.89. The van der Waals surface area contributed by atoms with Crippen LogP contribution in [0.3, 0.4) is 0 Å². The lowest BCUT2D eigenvalue weighted by Crippen LogP contribution is -2.29. The molecule has 0 bridgehead atoms. The van der Waals surface area contributed by atoms with Crippen LogP contribution in [-0.4, -0.2) is 47.7 Å². The predicted molar refractivity (Wildman–Crippen MR) is 85.2 cm³/mol. The Kier molecular flexibility index (Phi) is 4.40. The lowest BCUT2D eigenvalue weighted by atomic mass is 10.1. The van der Waals surface area contributed by atoms with Gasteiger partial charge in [-0.15, -0.1) is 11.3 Å². The predicted octanol–water partition coefficient (Wildman–Crippen LogP) is 2.27. The number of nitrogens with zero attached hydrogens (tertiary/aromatic N) is 2. The Morgan fingerprint density at radius 1 is 1.50 bits per heavy atom. The SMILES string of the molecule is COc1ccccc1-c1nc(C(=O)N2CCC(CO)C2)cs1. The summed E-state index contributed by atoms with van der Waals surface area (Å²) < 4.78 is 5.34. The van der Waals surface area contributed by atoms with Gasteiger partial charge in [0.1, 0.15) is 16.5 Å². The number of likely N-dealkylation sites (tertiary alicyclic amines) is 1. The summed E-state index contributed by atoms with van der Waals surface area (Å²) in [4.78, 5) is 18.7. The van der Waals surface area contributed by atoms with Crippen LogP contribution in [-0.2, 0) is 0 Å². The minimum absolute atomic E-state index is 0.0617. The third kappa shape index (κ3) is 2.84. The number of amides is 1. The normalized spacial score (nSPS) is 17.7. The fourth-order valence-electron chi connectivity index (χ4n) is 2.65. The Labute approximate surface area is 133 Å². The number of aliphatic hydroxyl groups excluding tert-OH is 1. The molecular weight excluding hydrogens is 300 g/mol. The first-order valence-electron chi connectivity index (χ1n) is 7.22. The molecule has 1 atom stereocenters. The molecule has 1 saturated heterocycles. The smallest absolute Gasteiger partial charge is 0.273 e. The number of hydrogen-bond donors (Lipinski definition) is 1. The fraction of sp³-hybridized carbons (Fsp3) is 0.375. The Hall–Kier alpha value is -1.92. The van der Waals surface area contributed by atoms with Crippen LogP contribution in [0.4, 0.5) is 0 Å². The highest BCUT2D eigenvalue weighted by Crippen LogP contribution is 2.32. The van der Waals surface area contributed by atoms with Crippen LogP contribution in [0, 0.1) is 5.92 Å². The van der Waals surface area contributed by atoms with Gasteiger partial charge >= 0.3 is 0 Å². The minimum atomic E-state index is -0.0617. The van der Waals surface area contributed by atoms with E-state index in [0.29, 0.717) is 18.8 Å². The molecule has 1 aromatic carbocycles. The van der Waals surface area contributed by atoms with Gasteiger partial charge in [-0.05, 0) is 18.6 Å². The van der Waals surface area contributed by atoms with E-state index in [1.807, 2.05) is 24.3 Å². The number of ether oxygens (including phenoxy) is 1. The molecule has 0 radical (unpaired) electrons.